The number of halogens is 1. The lowest BCUT2D eigenvalue weighted by Crippen LogP contribution is -2.37. The Morgan fingerprint density at radius 2 is 2.00 bits per heavy atom. The Kier molecular flexibility index (Phi) is 4.10. The third-order valence-electron chi connectivity index (χ3n) is 3.95. The zero-order valence-corrected chi connectivity index (χ0v) is 12.4. The fraction of sp³-hybridized carbons (Fsp3) is 0.312. The molecule has 1 fully saturated rings. The first-order valence-corrected chi connectivity index (χ1v) is 7.39. The number of likely N-dealkylation sites (tertiary alicyclic amines) is 1. The van der Waals surface area contributed by atoms with Crippen LogP contribution in [0.3, 0.4) is 0 Å². The van der Waals surface area contributed by atoms with Crippen molar-refractivity contribution in [3.05, 3.63) is 48.0 Å². The summed E-state index contributed by atoms with van der Waals surface area (Å²) in [5.74, 6) is -1.52. The van der Waals surface area contributed by atoms with Crippen molar-refractivity contribution in [1.82, 2.24) is 14.7 Å². The predicted molar refractivity (Wildman–Crippen MR) is 79.8 cm³/mol. The van der Waals surface area contributed by atoms with Gasteiger partial charge in [0, 0.05) is 18.8 Å². The normalized spacial score (nSPS) is 17.4. The molecule has 7 heteroatoms. The van der Waals surface area contributed by atoms with Crippen LogP contribution in [-0.2, 0) is 4.79 Å². The molecule has 1 unspecified atom stereocenters. The van der Waals surface area contributed by atoms with E-state index in [4.69, 9.17) is 5.11 Å². The maximum absolute atomic E-state index is 12.9. The average molecular weight is 317 g/mol. The van der Waals surface area contributed by atoms with Crippen molar-refractivity contribution in [3.63, 3.8) is 0 Å². The predicted octanol–water partition coefficient (Wildman–Crippen LogP) is 2.09. The highest BCUT2D eigenvalue weighted by Crippen LogP contribution is 2.22. The molecule has 2 aromatic rings. The number of carbonyl (C=O) groups excluding carboxylic acids is 1. The number of rotatable bonds is 4. The Labute approximate surface area is 132 Å². The summed E-state index contributed by atoms with van der Waals surface area (Å²) in [6.07, 6.45) is 3.06. The van der Waals surface area contributed by atoms with E-state index in [0.29, 0.717) is 18.7 Å². The monoisotopic (exact) mass is 317 g/mol. The molecule has 120 valence electrons. The smallest absolute Gasteiger partial charge is 0.305 e. The molecule has 1 saturated heterocycles. The first-order valence-electron chi connectivity index (χ1n) is 7.39. The molecule has 6 nitrogen and oxygen atoms in total. The number of hydrogen-bond donors (Lipinski definition) is 1. The largest absolute Gasteiger partial charge is 0.481 e. The van der Waals surface area contributed by atoms with Crippen molar-refractivity contribution in [2.75, 3.05) is 6.54 Å². The summed E-state index contributed by atoms with van der Waals surface area (Å²) in [4.78, 5) is 25.0. The van der Waals surface area contributed by atoms with E-state index >= 15 is 0 Å². The highest BCUT2D eigenvalue weighted by molar-refractivity contribution is 5.93. The van der Waals surface area contributed by atoms with Crippen molar-refractivity contribution >= 4 is 11.9 Å². The molecule has 1 aromatic heterocycles. The van der Waals surface area contributed by atoms with Crippen molar-refractivity contribution in [1.29, 1.82) is 0 Å². The fourth-order valence-corrected chi connectivity index (χ4v) is 2.84. The second kappa shape index (κ2) is 6.20. The van der Waals surface area contributed by atoms with Gasteiger partial charge in [-0.3, -0.25) is 9.59 Å². The second-order valence-corrected chi connectivity index (χ2v) is 5.51. The Balaban J connectivity index is 1.78. The minimum Gasteiger partial charge on any atom is -0.481 e. The molecular formula is C16H16FN3O3. The molecule has 1 N–H and O–H groups in total. The van der Waals surface area contributed by atoms with Gasteiger partial charge in [-0.25, -0.2) is 9.07 Å². The quantitative estimate of drug-likeness (QED) is 0.937. The maximum atomic E-state index is 12.9. The SMILES string of the molecule is O=C(O)CC1CCCN1C(=O)c1ccn(-c2ccc(F)cc2)n1. The van der Waals surface area contributed by atoms with Gasteiger partial charge in [-0.2, -0.15) is 5.10 Å². The highest BCUT2D eigenvalue weighted by Gasteiger charge is 2.31. The number of hydrogen-bond acceptors (Lipinski definition) is 3. The number of amides is 1. The van der Waals surface area contributed by atoms with Crippen LogP contribution in [0.5, 0.6) is 0 Å². The zero-order valence-electron chi connectivity index (χ0n) is 12.4. The lowest BCUT2D eigenvalue weighted by atomic mass is 10.1. The lowest BCUT2D eigenvalue weighted by Gasteiger charge is -2.22. The van der Waals surface area contributed by atoms with Crippen LogP contribution in [0.25, 0.3) is 5.69 Å². The van der Waals surface area contributed by atoms with Crippen molar-refractivity contribution in [3.8, 4) is 5.69 Å². The summed E-state index contributed by atoms with van der Waals surface area (Å²) < 4.78 is 14.4. The minimum atomic E-state index is -0.911. The molecule has 1 aliphatic heterocycles. The number of benzene rings is 1. The zero-order chi connectivity index (χ0) is 16.4. The van der Waals surface area contributed by atoms with Crippen LogP contribution in [0.2, 0.25) is 0 Å². The minimum absolute atomic E-state index is 0.0512. The number of carboxylic acids is 1. The van der Waals surface area contributed by atoms with E-state index in [2.05, 4.69) is 5.10 Å². The summed E-state index contributed by atoms with van der Waals surface area (Å²) in [6.45, 7) is 0.542. The number of aliphatic carboxylic acids is 1. The van der Waals surface area contributed by atoms with Crippen LogP contribution in [0.15, 0.2) is 36.5 Å². The molecule has 2 heterocycles. The maximum Gasteiger partial charge on any atom is 0.305 e. The van der Waals surface area contributed by atoms with Gasteiger partial charge in [0.25, 0.3) is 5.91 Å². The lowest BCUT2D eigenvalue weighted by molar-refractivity contribution is -0.137. The van der Waals surface area contributed by atoms with E-state index in [1.807, 2.05) is 0 Å². The molecule has 23 heavy (non-hydrogen) atoms. The van der Waals surface area contributed by atoms with Crippen molar-refractivity contribution in [2.24, 2.45) is 0 Å². The standard InChI is InChI=1S/C16H16FN3O3/c17-11-3-5-12(6-4-11)20-9-7-14(18-20)16(23)19-8-1-2-13(19)10-15(21)22/h3-7,9,13H,1-2,8,10H2,(H,21,22). The van der Waals surface area contributed by atoms with E-state index in [1.165, 1.54) is 16.8 Å². The third-order valence-corrected chi connectivity index (χ3v) is 3.95. The molecular weight excluding hydrogens is 301 g/mol. The number of carbonyl (C=O) groups is 2. The van der Waals surface area contributed by atoms with Gasteiger partial charge in [0.1, 0.15) is 5.82 Å². The summed E-state index contributed by atoms with van der Waals surface area (Å²) in [6, 6.07) is 7.08. The first-order chi connectivity index (χ1) is 11.0. The van der Waals surface area contributed by atoms with E-state index in [0.717, 1.165) is 6.42 Å². The molecule has 0 bridgehead atoms. The van der Waals surface area contributed by atoms with Gasteiger partial charge in [0.15, 0.2) is 5.69 Å². The molecule has 1 aromatic carbocycles. The number of aromatic nitrogens is 2. The molecule has 1 amide bonds. The Morgan fingerprint density at radius 1 is 1.26 bits per heavy atom. The molecule has 0 radical (unpaired) electrons. The second-order valence-electron chi connectivity index (χ2n) is 5.51. The number of nitrogens with zero attached hydrogens (tertiary/aromatic N) is 3. The van der Waals surface area contributed by atoms with Crippen LogP contribution in [0.4, 0.5) is 4.39 Å². The van der Waals surface area contributed by atoms with Gasteiger partial charge in [-0.05, 0) is 43.2 Å². The fourth-order valence-electron chi connectivity index (χ4n) is 2.84. The highest BCUT2D eigenvalue weighted by atomic mass is 19.1. The van der Waals surface area contributed by atoms with E-state index in [-0.39, 0.29) is 29.9 Å². The third kappa shape index (κ3) is 3.23. The number of carboxylic acid groups (broad SMARTS) is 1. The van der Waals surface area contributed by atoms with E-state index in [9.17, 15) is 14.0 Å². The molecule has 1 aliphatic rings. The van der Waals surface area contributed by atoms with Crippen LogP contribution in [-0.4, -0.2) is 44.3 Å². The van der Waals surface area contributed by atoms with Crippen molar-refractivity contribution in [2.45, 2.75) is 25.3 Å². The summed E-state index contributed by atoms with van der Waals surface area (Å²) >= 11 is 0. The topological polar surface area (TPSA) is 75.4 Å². The average Bonchev–Trinajstić information content (AvgIpc) is 3.16. The summed E-state index contributed by atoms with van der Waals surface area (Å²) in [5.41, 5.74) is 0.903. The van der Waals surface area contributed by atoms with Gasteiger partial charge in [0.2, 0.25) is 0 Å². The molecule has 0 aliphatic carbocycles. The Hall–Kier alpha value is -2.70. The van der Waals surface area contributed by atoms with E-state index in [1.54, 1.807) is 29.3 Å². The van der Waals surface area contributed by atoms with Crippen molar-refractivity contribution < 1.29 is 19.1 Å². The summed E-state index contributed by atoms with van der Waals surface area (Å²) in [5, 5.41) is 13.2. The summed E-state index contributed by atoms with van der Waals surface area (Å²) in [7, 11) is 0. The van der Waals surface area contributed by atoms with Gasteiger partial charge in [0.05, 0.1) is 12.1 Å². The molecule has 0 saturated carbocycles. The Bertz CT molecular complexity index is 726. The van der Waals surface area contributed by atoms with Gasteiger partial charge < -0.3 is 10.0 Å². The molecule has 3 rings (SSSR count). The van der Waals surface area contributed by atoms with Gasteiger partial charge in [-0.1, -0.05) is 0 Å². The van der Waals surface area contributed by atoms with E-state index < -0.39 is 5.97 Å². The van der Waals surface area contributed by atoms with Gasteiger partial charge in [-0.15, -0.1) is 0 Å². The van der Waals surface area contributed by atoms with Crippen LogP contribution in [0.1, 0.15) is 29.8 Å². The Morgan fingerprint density at radius 3 is 2.70 bits per heavy atom. The van der Waals surface area contributed by atoms with Crippen LogP contribution < -0.4 is 0 Å². The first kappa shape index (κ1) is 15.2. The molecule has 0 spiro atoms. The van der Waals surface area contributed by atoms with Gasteiger partial charge >= 0.3 is 5.97 Å². The molecule has 1 atom stereocenters. The van der Waals surface area contributed by atoms with Crippen LogP contribution in [0, 0.1) is 5.82 Å². The van der Waals surface area contributed by atoms with Crippen LogP contribution >= 0.6 is 0 Å².